The number of aromatic nitrogens is 1. The monoisotopic (exact) mass is 464 g/mol. The van der Waals surface area contributed by atoms with E-state index in [1.807, 2.05) is 12.1 Å². The summed E-state index contributed by atoms with van der Waals surface area (Å²) in [6.45, 7) is -0.0912. The minimum Gasteiger partial charge on any atom is -0.497 e. The molecule has 0 bridgehead atoms. The minimum atomic E-state index is -3.76. The number of fused-ring (bicyclic) bond motifs is 1. The fourth-order valence-electron chi connectivity index (χ4n) is 2.96. The molecule has 0 spiro atoms. The summed E-state index contributed by atoms with van der Waals surface area (Å²) >= 11 is 0. The standard InChI is InChI=1S/C24H20N2O6S/c1-30-19-11-9-18(10-12-19)26-33(28,29)20-13-6-17(7-14-20)8-15-24(27)31-16-23-25-21-4-2-3-5-22(21)32-23/h2-15,26H,16H2,1H3/b15-8+. The van der Waals surface area contributed by atoms with Gasteiger partial charge >= 0.3 is 5.97 Å². The number of hydrogen-bond donors (Lipinski definition) is 1. The van der Waals surface area contributed by atoms with E-state index in [0.29, 0.717) is 34.0 Å². The Morgan fingerprint density at radius 1 is 1.03 bits per heavy atom. The summed E-state index contributed by atoms with van der Waals surface area (Å²) in [7, 11) is -2.22. The zero-order chi connectivity index (χ0) is 23.3. The zero-order valence-electron chi connectivity index (χ0n) is 17.6. The third-order valence-corrected chi connectivity index (χ3v) is 6.02. The number of para-hydroxylation sites is 2. The predicted molar refractivity (Wildman–Crippen MR) is 123 cm³/mol. The molecule has 4 rings (SSSR count). The SMILES string of the molecule is COc1ccc(NS(=O)(=O)c2ccc(/C=C/C(=O)OCc3nc4ccccc4o3)cc2)cc1. The first-order valence-electron chi connectivity index (χ1n) is 9.89. The largest absolute Gasteiger partial charge is 0.497 e. The lowest BCUT2D eigenvalue weighted by Gasteiger charge is -2.09. The van der Waals surface area contributed by atoms with Gasteiger partial charge in [0.25, 0.3) is 10.0 Å². The Labute approximate surface area is 190 Å². The third-order valence-electron chi connectivity index (χ3n) is 4.62. The smallest absolute Gasteiger partial charge is 0.331 e. The number of methoxy groups -OCH3 is 1. The Morgan fingerprint density at radius 3 is 2.45 bits per heavy atom. The summed E-state index contributed by atoms with van der Waals surface area (Å²) in [6.07, 6.45) is 2.78. The molecule has 1 N–H and O–H groups in total. The molecule has 0 aliphatic rings. The van der Waals surface area contributed by atoms with E-state index < -0.39 is 16.0 Å². The van der Waals surface area contributed by atoms with Crippen LogP contribution >= 0.6 is 0 Å². The molecule has 1 heterocycles. The molecule has 0 aliphatic heterocycles. The van der Waals surface area contributed by atoms with Crippen molar-refractivity contribution < 1.29 is 27.1 Å². The summed E-state index contributed by atoms with van der Waals surface area (Å²) in [5.41, 5.74) is 2.37. The highest BCUT2D eigenvalue weighted by atomic mass is 32.2. The quantitative estimate of drug-likeness (QED) is 0.304. The van der Waals surface area contributed by atoms with Gasteiger partial charge in [-0.25, -0.2) is 18.2 Å². The number of hydrogen-bond acceptors (Lipinski definition) is 7. The van der Waals surface area contributed by atoms with Crippen molar-refractivity contribution in [2.24, 2.45) is 0 Å². The molecule has 0 aliphatic carbocycles. The van der Waals surface area contributed by atoms with E-state index in [-0.39, 0.29) is 11.5 Å². The van der Waals surface area contributed by atoms with Crippen LogP contribution in [-0.4, -0.2) is 26.5 Å². The zero-order valence-corrected chi connectivity index (χ0v) is 18.4. The first-order chi connectivity index (χ1) is 15.9. The van der Waals surface area contributed by atoms with Crippen molar-refractivity contribution >= 4 is 38.9 Å². The summed E-state index contributed by atoms with van der Waals surface area (Å²) in [5, 5.41) is 0. The molecule has 8 nitrogen and oxygen atoms in total. The van der Waals surface area contributed by atoms with Gasteiger partial charge in [-0.05, 0) is 60.2 Å². The summed E-state index contributed by atoms with van der Waals surface area (Å²) in [6, 6.07) is 19.9. The highest BCUT2D eigenvalue weighted by molar-refractivity contribution is 7.92. The van der Waals surface area contributed by atoms with Crippen molar-refractivity contribution in [2.75, 3.05) is 11.8 Å². The maximum Gasteiger partial charge on any atom is 0.331 e. The second-order valence-corrected chi connectivity index (χ2v) is 8.60. The summed E-state index contributed by atoms with van der Waals surface area (Å²) < 4.78 is 43.3. The van der Waals surface area contributed by atoms with E-state index in [1.165, 1.54) is 31.4 Å². The van der Waals surface area contributed by atoms with Gasteiger partial charge in [-0.1, -0.05) is 24.3 Å². The molecule has 9 heteroatoms. The maximum atomic E-state index is 12.6. The van der Waals surface area contributed by atoms with Gasteiger partial charge in [-0.15, -0.1) is 0 Å². The van der Waals surface area contributed by atoms with Crippen molar-refractivity contribution in [2.45, 2.75) is 11.5 Å². The minimum absolute atomic E-state index is 0.0912. The number of rotatable bonds is 8. The second kappa shape index (κ2) is 9.58. The number of sulfonamides is 1. The van der Waals surface area contributed by atoms with Crippen LogP contribution in [0, 0.1) is 0 Å². The van der Waals surface area contributed by atoms with Gasteiger partial charge in [-0.2, -0.15) is 0 Å². The number of benzene rings is 3. The van der Waals surface area contributed by atoms with Crippen molar-refractivity contribution in [3.05, 3.63) is 90.3 Å². The number of carbonyl (C=O) groups is 1. The molecule has 3 aromatic carbocycles. The molecule has 0 atom stereocenters. The third kappa shape index (κ3) is 5.58. The molecule has 1 aromatic heterocycles. The van der Waals surface area contributed by atoms with E-state index >= 15 is 0 Å². The van der Waals surface area contributed by atoms with Gasteiger partial charge in [0.15, 0.2) is 12.2 Å². The molecule has 0 radical (unpaired) electrons. The topological polar surface area (TPSA) is 108 Å². The van der Waals surface area contributed by atoms with Crippen LogP contribution in [0.5, 0.6) is 5.75 Å². The summed E-state index contributed by atoms with van der Waals surface area (Å²) in [4.78, 5) is 16.3. The number of esters is 1. The number of ether oxygens (including phenoxy) is 2. The van der Waals surface area contributed by atoms with Crippen LogP contribution in [0.4, 0.5) is 5.69 Å². The van der Waals surface area contributed by atoms with E-state index in [2.05, 4.69) is 9.71 Å². The molecule has 0 fully saturated rings. The molecule has 0 unspecified atom stereocenters. The highest BCUT2D eigenvalue weighted by Gasteiger charge is 2.14. The molecular weight excluding hydrogens is 444 g/mol. The molecule has 0 amide bonds. The maximum absolute atomic E-state index is 12.6. The lowest BCUT2D eigenvalue weighted by molar-refractivity contribution is -0.139. The highest BCUT2D eigenvalue weighted by Crippen LogP contribution is 2.20. The van der Waals surface area contributed by atoms with Crippen molar-refractivity contribution in [3.8, 4) is 5.75 Å². The molecule has 33 heavy (non-hydrogen) atoms. The second-order valence-electron chi connectivity index (χ2n) is 6.92. The van der Waals surface area contributed by atoms with Crippen molar-refractivity contribution in [1.82, 2.24) is 4.98 Å². The van der Waals surface area contributed by atoms with Gasteiger partial charge < -0.3 is 13.9 Å². The Hall–Kier alpha value is -4.11. The van der Waals surface area contributed by atoms with E-state index in [9.17, 15) is 13.2 Å². The van der Waals surface area contributed by atoms with Crippen molar-refractivity contribution in [3.63, 3.8) is 0 Å². The average Bonchev–Trinajstić information content (AvgIpc) is 3.25. The summed E-state index contributed by atoms with van der Waals surface area (Å²) in [5.74, 6) is 0.355. The van der Waals surface area contributed by atoms with Crippen LogP contribution < -0.4 is 9.46 Å². The molecule has 4 aromatic rings. The lowest BCUT2D eigenvalue weighted by atomic mass is 10.2. The van der Waals surface area contributed by atoms with Gasteiger partial charge in [0, 0.05) is 11.8 Å². The molecule has 168 valence electrons. The number of carbonyl (C=O) groups excluding carboxylic acids is 1. The Balaban J connectivity index is 1.34. The van der Waals surface area contributed by atoms with Gasteiger partial charge in [-0.3, -0.25) is 4.72 Å². The fourth-order valence-corrected chi connectivity index (χ4v) is 4.02. The average molecular weight is 464 g/mol. The van der Waals surface area contributed by atoms with Gasteiger partial charge in [0.05, 0.1) is 12.0 Å². The van der Waals surface area contributed by atoms with Gasteiger partial charge in [0.1, 0.15) is 11.3 Å². The number of nitrogens with zero attached hydrogens (tertiary/aromatic N) is 1. The first kappa shape index (κ1) is 22.1. The molecule has 0 saturated carbocycles. The van der Waals surface area contributed by atoms with E-state index in [4.69, 9.17) is 13.9 Å². The molecule has 0 saturated heterocycles. The van der Waals surface area contributed by atoms with E-state index in [0.717, 1.165) is 0 Å². The van der Waals surface area contributed by atoms with Crippen LogP contribution in [0.15, 0.2) is 88.2 Å². The fraction of sp³-hybridized carbons (Fsp3) is 0.0833. The van der Waals surface area contributed by atoms with Crippen LogP contribution in [0.2, 0.25) is 0 Å². The first-order valence-corrected chi connectivity index (χ1v) is 11.4. The van der Waals surface area contributed by atoms with E-state index in [1.54, 1.807) is 48.5 Å². The van der Waals surface area contributed by atoms with Crippen LogP contribution in [0.25, 0.3) is 17.2 Å². The van der Waals surface area contributed by atoms with Crippen molar-refractivity contribution in [1.29, 1.82) is 0 Å². The Bertz CT molecular complexity index is 1360. The van der Waals surface area contributed by atoms with Crippen LogP contribution in [0.3, 0.4) is 0 Å². The van der Waals surface area contributed by atoms with Crippen LogP contribution in [0.1, 0.15) is 11.5 Å². The predicted octanol–water partition coefficient (Wildman–Crippen LogP) is 4.39. The lowest BCUT2D eigenvalue weighted by Crippen LogP contribution is -2.12. The normalized spacial score (nSPS) is 11.5. The molecular formula is C24H20N2O6S. The van der Waals surface area contributed by atoms with Gasteiger partial charge in [0.2, 0.25) is 5.89 Å². The number of oxazole rings is 1. The number of anilines is 1. The van der Waals surface area contributed by atoms with Crippen LogP contribution in [-0.2, 0) is 26.2 Å². The Kier molecular flexibility index (Phi) is 6.41. The number of nitrogens with one attached hydrogen (secondary N) is 1. The Morgan fingerprint density at radius 2 is 1.76 bits per heavy atom.